The molecule has 0 aliphatic heterocycles. The third-order valence-corrected chi connectivity index (χ3v) is 2.77. The van der Waals surface area contributed by atoms with E-state index in [1.165, 1.54) is 12.1 Å². The number of aliphatic hydroxyl groups excluding tert-OH is 1. The number of benzene rings is 1. The molecule has 7 nitrogen and oxygen atoms in total. The fourth-order valence-electron chi connectivity index (χ4n) is 1.75. The molecule has 0 saturated carbocycles. The van der Waals surface area contributed by atoms with Crippen molar-refractivity contribution >= 4 is 5.69 Å². The fourth-order valence-corrected chi connectivity index (χ4v) is 1.75. The van der Waals surface area contributed by atoms with Gasteiger partial charge >= 0.3 is 0 Å². The van der Waals surface area contributed by atoms with Crippen molar-refractivity contribution in [2.24, 2.45) is 7.05 Å². The van der Waals surface area contributed by atoms with E-state index in [2.05, 4.69) is 10.2 Å². The number of aromatic nitrogens is 3. The van der Waals surface area contributed by atoms with Gasteiger partial charge in [0.15, 0.2) is 11.6 Å². The molecule has 2 aromatic rings. The van der Waals surface area contributed by atoms with Crippen molar-refractivity contribution in [3.05, 3.63) is 39.7 Å². The van der Waals surface area contributed by atoms with Crippen molar-refractivity contribution in [3.8, 4) is 11.4 Å². The molecular formula is C11H12N4O3. The number of nitro groups is 1. The van der Waals surface area contributed by atoms with Gasteiger partial charge in [-0.3, -0.25) is 10.1 Å². The van der Waals surface area contributed by atoms with Crippen LogP contribution >= 0.6 is 0 Å². The van der Waals surface area contributed by atoms with Gasteiger partial charge in [0.2, 0.25) is 0 Å². The molecule has 0 aliphatic carbocycles. The lowest BCUT2D eigenvalue weighted by atomic mass is 10.1. The smallest absolute Gasteiger partial charge is 0.269 e. The molecule has 0 saturated heterocycles. The van der Waals surface area contributed by atoms with Crippen LogP contribution in [0.3, 0.4) is 0 Å². The van der Waals surface area contributed by atoms with Crippen molar-refractivity contribution in [1.29, 1.82) is 0 Å². The summed E-state index contributed by atoms with van der Waals surface area (Å²) in [5.74, 6) is 1.02. The third-order valence-electron chi connectivity index (χ3n) is 2.77. The molecule has 1 aromatic carbocycles. The van der Waals surface area contributed by atoms with Crippen molar-refractivity contribution in [1.82, 2.24) is 14.8 Å². The highest BCUT2D eigenvalue weighted by atomic mass is 16.6. The van der Waals surface area contributed by atoms with Crippen LogP contribution in [0.2, 0.25) is 0 Å². The SMILES string of the molecule is Cc1cc([N+](=O)[O-])ccc1-c1nnc(CO)n1C. The number of nitro benzene ring substituents is 1. The summed E-state index contributed by atoms with van der Waals surface area (Å²) in [5, 5.41) is 27.5. The van der Waals surface area contributed by atoms with Crippen LogP contribution in [0.5, 0.6) is 0 Å². The minimum Gasteiger partial charge on any atom is -0.388 e. The van der Waals surface area contributed by atoms with Crippen LogP contribution in [0.25, 0.3) is 11.4 Å². The molecule has 18 heavy (non-hydrogen) atoms. The van der Waals surface area contributed by atoms with E-state index in [0.29, 0.717) is 11.6 Å². The first-order valence-electron chi connectivity index (χ1n) is 5.29. The Kier molecular flexibility index (Phi) is 3.07. The zero-order valence-corrected chi connectivity index (χ0v) is 9.99. The zero-order valence-electron chi connectivity index (χ0n) is 9.99. The Labute approximate surface area is 103 Å². The second-order valence-electron chi connectivity index (χ2n) is 3.91. The van der Waals surface area contributed by atoms with Crippen LogP contribution in [-0.4, -0.2) is 24.8 Å². The summed E-state index contributed by atoms with van der Waals surface area (Å²) in [6.07, 6.45) is 0. The van der Waals surface area contributed by atoms with Gasteiger partial charge in [-0.15, -0.1) is 10.2 Å². The van der Waals surface area contributed by atoms with Gasteiger partial charge in [0.25, 0.3) is 5.69 Å². The number of aryl methyl sites for hydroxylation is 1. The Morgan fingerprint density at radius 3 is 2.67 bits per heavy atom. The maximum absolute atomic E-state index is 10.7. The summed E-state index contributed by atoms with van der Waals surface area (Å²) in [6.45, 7) is 1.57. The highest BCUT2D eigenvalue weighted by Crippen LogP contribution is 2.25. The van der Waals surface area contributed by atoms with E-state index in [4.69, 9.17) is 5.11 Å². The lowest BCUT2D eigenvalue weighted by Gasteiger charge is -2.05. The van der Waals surface area contributed by atoms with Gasteiger partial charge in [0.05, 0.1) is 4.92 Å². The van der Waals surface area contributed by atoms with Crippen LogP contribution < -0.4 is 0 Å². The quantitative estimate of drug-likeness (QED) is 0.650. The average molecular weight is 248 g/mol. The molecule has 1 heterocycles. The summed E-state index contributed by atoms with van der Waals surface area (Å²) < 4.78 is 1.66. The monoisotopic (exact) mass is 248 g/mol. The second kappa shape index (κ2) is 4.53. The van der Waals surface area contributed by atoms with Crippen LogP contribution in [-0.2, 0) is 13.7 Å². The van der Waals surface area contributed by atoms with Crippen LogP contribution in [0.4, 0.5) is 5.69 Å². The Balaban J connectivity index is 2.51. The van der Waals surface area contributed by atoms with E-state index >= 15 is 0 Å². The van der Waals surface area contributed by atoms with Gasteiger partial charge in [-0.2, -0.15) is 0 Å². The minimum absolute atomic E-state index is 0.0424. The van der Waals surface area contributed by atoms with Crippen LogP contribution in [0.15, 0.2) is 18.2 Å². The molecule has 0 unspecified atom stereocenters. The van der Waals surface area contributed by atoms with E-state index in [-0.39, 0.29) is 12.3 Å². The summed E-state index contributed by atoms with van der Waals surface area (Å²) in [7, 11) is 1.74. The predicted molar refractivity (Wildman–Crippen MR) is 63.8 cm³/mol. The van der Waals surface area contributed by atoms with Gasteiger partial charge < -0.3 is 9.67 Å². The topological polar surface area (TPSA) is 94.1 Å². The second-order valence-corrected chi connectivity index (χ2v) is 3.91. The molecule has 1 N–H and O–H groups in total. The predicted octanol–water partition coefficient (Wildman–Crippen LogP) is 1.19. The summed E-state index contributed by atoms with van der Waals surface area (Å²) >= 11 is 0. The first-order chi connectivity index (χ1) is 8.54. The molecule has 0 fully saturated rings. The molecule has 0 amide bonds. The first-order valence-corrected chi connectivity index (χ1v) is 5.29. The van der Waals surface area contributed by atoms with Crippen LogP contribution in [0, 0.1) is 17.0 Å². The van der Waals surface area contributed by atoms with Gasteiger partial charge in [0, 0.05) is 24.7 Å². The number of non-ortho nitro benzene ring substituents is 1. The van der Waals surface area contributed by atoms with Crippen molar-refractivity contribution in [2.45, 2.75) is 13.5 Å². The maximum Gasteiger partial charge on any atom is 0.269 e. The molecule has 7 heteroatoms. The van der Waals surface area contributed by atoms with Gasteiger partial charge in [-0.1, -0.05) is 0 Å². The Bertz CT molecular complexity index is 606. The zero-order chi connectivity index (χ0) is 13.3. The standard InChI is InChI=1S/C11H12N4O3/c1-7-5-8(15(17)18)3-4-9(7)11-13-12-10(6-16)14(11)2/h3-5,16H,6H2,1-2H3. The molecule has 0 bridgehead atoms. The van der Waals surface area contributed by atoms with E-state index in [1.807, 2.05) is 0 Å². The Morgan fingerprint density at radius 1 is 1.44 bits per heavy atom. The molecule has 0 aliphatic rings. The van der Waals surface area contributed by atoms with E-state index < -0.39 is 4.92 Å². The number of hydrogen-bond donors (Lipinski definition) is 1. The Hall–Kier alpha value is -2.28. The molecule has 2 rings (SSSR count). The lowest BCUT2D eigenvalue weighted by molar-refractivity contribution is -0.384. The molecule has 1 aromatic heterocycles. The summed E-state index contributed by atoms with van der Waals surface area (Å²) in [5.41, 5.74) is 1.54. The van der Waals surface area contributed by atoms with Gasteiger partial charge in [-0.25, -0.2) is 0 Å². The van der Waals surface area contributed by atoms with E-state index in [0.717, 1.165) is 11.1 Å². The maximum atomic E-state index is 10.7. The summed E-state index contributed by atoms with van der Waals surface area (Å²) in [6, 6.07) is 4.55. The third kappa shape index (κ3) is 1.95. The summed E-state index contributed by atoms with van der Waals surface area (Å²) in [4.78, 5) is 10.2. The number of rotatable bonds is 3. The number of aliphatic hydroxyl groups is 1. The fraction of sp³-hybridized carbons (Fsp3) is 0.273. The van der Waals surface area contributed by atoms with Crippen LogP contribution in [0.1, 0.15) is 11.4 Å². The van der Waals surface area contributed by atoms with E-state index in [1.54, 1.807) is 24.6 Å². The largest absolute Gasteiger partial charge is 0.388 e. The van der Waals surface area contributed by atoms with Gasteiger partial charge in [0.1, 0.15) is 6.61 Å². The number of hydrogen-bond acceptors (Lipinski definition) is 5. The first kappa shape index (κ1) is 12.2. The molecule has 0 spiro atoms. The van der Waals surface area contributed by atoms with E-state index in [9.17, 15) is 10.1 Å². The van der Waals surface area contributed by atoms with Crippen molar-refractivity contribution < 1.29 is 10.0 Å². The molecule has 0 atom stereocenters. The average Bonchev–Trinajstić information content (AvgIpc) is 2.70. The highest BCUT2D eigenvalue weighted by molar-refractivity contribution is 5.62. The van der Waals surface area contributed by atoms with Crippen molar-refractivity contribution in [3.63, 3.8) is 0 Å². The minimum atomic E-state index is -0.438. The Morgan fingerprint density at radius 2 is 2.17 bits per heavy atom. The number of nitrogens with zero attached hydrogens (tertiary/aromatic N) is 4. The van der Waals surface area contributed by atoms with Gasteiger partial charge in [-0.05, 0) is 18.6 Å². The highest BCUT2D eigenvalue weighted by Gasteiger charge is 2.14. The lowest BCUT2D eigenvalue weighted by Crippen LogP contribution is -2.00. The van der Waals surface area contributed by atoms with Crippen molar-refractivity contribution in [2.75, 3.05) is 0 Å². The molecule has 0 radical (unpaired) electrons. The molecule has 94 valence electrons. The molecular weight excluding hydrogens is 236 g/mol. The normalized spacial score (nSPS) is 10.6.